The molecule has 0 unspecified atom stereocenters. The zero-order valence-corrected chi connectivity index (χ0v) is 16.1. The monoisotopic (exact) mass is 366 g/mol. The molecule has 0 heterocycles. The predicted molar refractivity (Wildman–Crippen MR) is 83.1 cm³/mol. The van der Waals surface area contributed by atoms with Gasteiger partial charge in [-0.25, -0.2) is 0 Å². The van der Waals surface area contributed by atoms with Gasteiger partial charge in [0.2, 0.25) is 0 Å². The maximum absolute atomic E-state index is 2.68. The molecule has 96 valence electrons. The third kappa shape index (κ3) is 2.97. The van der Waals surface area contributed by atoms with E-state index in [-0.39, 0.29) is 24.8 Å². The van der Waals surface area contributed by atoms with Crippen molar-refractivity contribution >= 4 is 31.7 Å². The number of allylic oxidation sites excluding steroid dienone is 8. The van der Waals surface area contributed by atoms with Gasteiger partial charge in [0.25, 0.3) is 0 Å². The van der Waals surface area contributed by atoms with Crippen molar-refractivity contribution in [2.75, 3.05) is 0 Å². The van der Waals surface area contributed by atoms with Crippen LogP contribution in [0.25, 0.3) is 0 Å². The van der Waals surface area contributed by atoms with E-state index in [9.17, 15) is 0 Å². The van der Waals surface area contributed by atoms with Crippen molar-refractivity contribution in [1.82, 2.24) is 0 Å². The van der Waals surface area contributed by atoms with Gasteiger partial charge in [0, 0.05) is 0 Å². The first kappa shape index (κ1) is 17.6. The van der Waals surface area contributed by atoms with Crippen LogP contribution in [0.15, 0.2) is 43.0 Å². The maximum atomic E-state index is 2.62. The van der Waals surface area contributed by atoms with Gasteiger partial charge in [-0.3, -0.25) is 0 Å². The average Bonchev–Trinajstić information content (AvgIpc) is 2.91. The predicted octanol–water partition coefficient (Wildman–Crippen LogP) is 4.24. The third-order valence-corrected chi connectivity index (χ3v) is 28.4. The van der Waals surface area contributed by atoms with Crippen LogP contribution < -0.4 is 0 Å². The van der Waals surface area contributed by atoms with E-state index in [4.69, 9.17) is 0 Å². The summed E-state index contributed by atoms with van der Waals surface area (Å²) >= 11 is -2.68. The molecule has 0 N–H and O–H groups in total. The van der Waals surface area contributed by atoms with Crippen LogP contribution in [0.2, 0.25) is 8.76 Å². The average molecular weight is 369 g/mol. The van der Waals surface area contributed by atoms with Crippen LogP contribution in [0.3, 0.4) is 0 Å². The van der Waals surface area contributed by atoms with Gasteiger partial charge in [0.1, 0.15) is 0 Å². The molecule has 0 saturated carbocycles. The molecule has 0 aromatic rings. The fraction of sp³-hybridized carbons (Fsp3) is 0.385. The van der Waals surface area contributed by atoms with Gasteiger partial charge >= 0.3 is 95.8 Å². The number of hydrogen-bond acceptors (Lipinski definition) is 0. The zero-order valence-electron chi connectivity index (χ0n) is 10.6. The van der Waals surface area contributed by atoms with Gasteiger partial charge in [-0.1, -0.05) is 0 Å². The number of halogens is 2. The Morgan fingerprint density at radius 2 is 1.47 bits per heavy atom. The summed E-state index contributed by atoms with van der Waals surface area (Å²) in [5, 5.41) is 0. The minimum atomic E-state index is -2.68. The van der Waals surface area contributed by atoms with Crippen molar-refractivity contribution in [2.24, 2.45) is 0 Å². The zero-order chi connectivity index (χ0) is 11.0. The second-order valence-electron chi connectivity index (χ2n) is 5.29. The van der Waals surface area contributed by atoms with Gasteiger partial charge in [0.15, 0.2) is 0 Å². The quantitative estimate of drug-likeness (QED) is 0.654. The van der Waals surface area contributed by atoms with Crippen molar-refractivity contribution in [3.63, 3.8) is 0 Å². The minimum Gasteiger partial charge on any atom is -0.147 e. The Hall–Kier alpha value is 0.640. The molecule has 0 radical (unpaired) electrons. The summed E-state index contributed by atoms with van der Waals surface area (Å²) in [4.78, 5) is 0. The first-order chi connectivity index (χ1) is 7.07. The molecule has 0 fully saturated rings. The molecule has 17 heavy (non-hydrogen) atoms. The van der Waals surface area contributed by atoms with Crippen LogP contribution in [0.4, 0.5) is 0 Å². The summed E-state index contributed by atoms with van der Waals surface area (Å²) in [6.45, 7) is 4.77. The first-order valence-electron chi connectivity index (χ1n) is 5.85. The van der Waals surface area contributed by atoms with E-state index in [0.717, 1.165) is 0 Å². The summed E-state index contributed by atoms with van der Waals surface area (Å²) in [6.07, 6.45) is 16.4. The molecule has 0 atom stereocenters. The summed E-state index contributed by atoms with van der Waals surface area (Å²) in [7, 11) is 0. The van der Waals surface area contributed by atoms with E-state index in [0.29, 0.717) is 0 Å². The molecule has 0 spiro atoms. The Labute approximate surface area is 120 Å². The molecular weight excluding hydrogens is 346 g/mol. The van der Waals surface area contributed by atoms with Crippen LogP contribution in [0.1, 0.15) is 19.8 Å². The fourth-order valence-electron chi connectivity index (χ4n) is 2.64. The van der Waals surface area contributed by atoms with E-state index >= 15 is 0 Å². The van der Waals surface area contributed by atoms with Gasteiger partial charge in [-0.15, -0.1) is 24.8 Å². The van der Waals surface area contributed by atoms with Crippen molar-refractivity contribution in [3.8, 4) is 0 Å². The Morgan fingerprint density at radius 3 is 1.71 bits per heavy atom. The Bertz CT molecular complexity index is 436. The van der Waals surface area contributed by atoms with E-state index in [2.05, 4.69) is 54.9 Å². The second kappa shape index (κ2) is 6.19. The fourth-order valence-corrected chi connectivity index (χ4v) is 15.3. The normalized spacial score (nSPS) is 18.3. The maximum Gasteiger partial charge on any atom is -0.147 e. The molecule has 4 heteroatoms. The largest absolute Gasteiger partial charge is 0.147 e. The van der Waals surface area contributed by atoms with Crippen molar-refractivity contribution < 1.29 is 17.4 Å². The van der Waals surface area contributed by atoms with Crippen LogP contribution in [-0.4, -0.2) is 6.88 Å². The summed E-state index contributed by atoms with van der Waals surface area (Å²) in [5.41, 5.74) is 0. The van der Waals surface area contributed by atoms with Crippen molar-refractivity contribution in [2.45, 2.75) is 28.5 Å². The van der Waals surface area contributed by atoms with Crippen LogP contribution in [-0.2, 0) is 17.4 Å². The smallest absolute Gasteiger partial charge is 0.147 e. The second-order valence-corrected chi connectivity index (χ2v) is 32.8. The Balaban J connectivity index is 0.00000128. The summed E-state index contributed by atoms with van der Waals surface area (Å²) < 4.78 is 7.58. The molecule has 0 nitrogen and oxygen atoms in total. The molecule has 0 aromatic carbocycles. The topological polar surface area (TPSA) is 0 Å². The summed E-state index contributed by atoms with van der Waals surface area (Å²) in [6, 6.07) is 0. The third-order valence-electron chi connectivity index (χ3n) is 4.37. The SMILES string of the molecule is C[CH2][Zr]([CH3])(=[SiH2])([C]1=CC=CC1)[C]1=CC=CC1.Cl.Cl. The molecule has 0 bridgehead atoms. The Kier molecular flexibility index (Phi) is 6.42. The number of hydrogen-bond donors (Lipinski definition) is 0. The van der Waals surface area contributed by atoms with Crippen LogP contribution in [0, 0.1) is 0 Å². The molecule has 0 saturated heterocycles. The van der Waals surface area contributed by atoms with Crippen LogP contribution >= 0.6 is 24.8 Å². The standard InChI is InChI=1S/2C5H5.C2H5.CH3.2ClH.H2Si.Zr/c2*1-2-4-5-3-1;1-2;;;;;/h2*1-3H,4H2;1H2,2H3;1H3;2*1H;1H2;. The van der Waals surface area contributed by atoms with Crippen molar-refractivity contribution in [1.29, 1.82) is 0 Å². The molecule has 2 rings (SSSR count). The van der Waals surface area contributed by atoms with Gasteiger partial charge in [-0.2, -0.15) is 0 Å². The molecule has 2 aliphatic rings. The molecule has 0 aliphatic heterocycles. The van der Waals surface area contributed by atoms with Crippen LogP contribution in [0.5, 0.6) is 0 Å². The van der Waals surface area contributed by atoms with Crippen molar-refractivity contribution in [3.05, 3.63) is 43.0 Å². The van der Waals surface area contributed by atoms with E-state index in [1.807, 2.05) is 0 Å². The molecule has 0 aromatic heterocycles. The van der Waals surface area contributed by atoms with Gasteiger partial charge in [-0.05, 0) is 0 Å². The Morgan fingerprint density at radius 1 is 1.06 bits per heavy atom. The minimum absolute atomic E-state index is 0. The van der Waals surface area contributed by atoms with E-state index in [1.54, 1.807) is 6.56 Å². The number of rotatable bonds is 3. The van der Waals surface area contributed by atoms with E-state index < -0.39 is 17.4 Å². The molecule has 0 amide bonds. The van der Waals surface area contributed by atoms with Gasteiger partial charge in [0.05, 0.1) is 0 Å². The molecule has 2 aliphatic carbocycles. The first-order valence-corrected chi connectivity index (χ1v) is 18.4. The molecular formula is C13H22Cl2SiZr. The van der Waals surface area contributed by atoms with E-state index in [1.165, 1.54) is 17.0 Å². The summed E-state index contributed by atoms with van der Waals surface area (Å²) in [5.74, 6) is 0. The van der Waals surface area contributed by atoms with Gasteiger partial charge < -0.3 is 0 Å².